The molecule has 0 spiro atoms. The van der Waals surface area contributed by atoms with Crippen molar-refractivity contribution in [2.45, 2.75) is 24.9 Å². The van der Waals surface area contributed by atoms with Gasteiger partial charge in [-0.2, -0.15) is 0 Å². The van der Waals surface area contributed by atoms with Crippen LogP contribution in [0.25, 0.3) is 0 Å². The number of carbonyl (C=O) groups is 3. The van der Waals surface area contributed by atoms with Crippen LogP contribution in [0.15, 0.2) is 30.3 Å². The number of hydrogen-bond acceptors (Lipinski definition) is 5. The first-order valence-electron chi connectivity index (χ1n) is 6.33. The van der Waals surface area contributed by atoms with Gasteiger partial charge in [-0.05, 0) is 5.56 Å². The Hall–Kier alpha value is -0.774. The second-order valence-electron chi connectivity index (χ2n) is 4.48. The molecule has 0 saturated heterocycles. The van der Waals surface area contributed by atoms with Crippen molar-refractivity contribution in [2.75, 3.05) is 7.11 Å². The van der Waals surface area contributed by atoms with Crippen LogP contribution in [-0.2, 0) is 25.5 Å². The number of hydrogen-bond donors (Lipinski definition) is 3. The van der Waals surface area contributed by atoms with Gasteiger partial charge in [-0.1, -0.05) is 30.3 Å². The molecule has 0 aliphatic rings. The van der Waals surface area contributed by atoms with Crippen LogP contribution >= 0.6 is 0 Å². The summed E-state index contributed by atoms with van der Waals surface area (Å²) >= 11 is 0. The number of methoxy groups -OCH3 is 1. The zero-order valence-electron chi connectivity index (χ0n) is 13.6. The topological polar surface area (TPSA) is 119 Å². The third-order valence-corrected chi connectivity index (χ3v) is 2.82. The molecule has 0 radical (unpaired) electrons. The van der Waals surface area contributed by atoms with Gasteiger partial charge in [0.2, 0.25) is 5.91 Å². The molecule has 2 atom stereocenters. The molecule has 0 saturated carbocycles. The van der Waals surface area contributed by atoms with Crippen LogP contribution in [0, 0.1) is 0 Å². The first-order valence-corrected chi connectivity index (χ1v) is 6.33. The summed E-state index contributed by atoms with van der Waals surface area (Å²) in [7, 11) is 1.21. The molecule has 116 valence electrons. The number of carboxylic acids is 1. The van der Waals surface area contributed by atoms with Gasteiger partial charge in [0.05, 0.1) is 19.6 Å². The van der Waals surface area contributed by atoms with E-state index in [0.29, 0.717) is 0 Å². The maximum atomic E-state index is 11.8. The molecule has 1 aromatic rings. The van der Waals surface area contributed by atoms with E-state index >= 15 is 0 Å². The summed E-state index contributed by atoms with van der Waals surface area (Å²) in [5.41, 5.74) is 6.29. The van der Waals surface area contributed by atoms with Crippen LogP contribution in [0.4, 0.5) is 0 Å². The van der Waals surface area contributed by atoms with Crippen LogP contribution in [0.2, 0.25) is 0 Å². The van der Waals surface area contributed by atoms with E-state index in [1.807, 2.05) is 18.2 Å². The van der Waals surface area contributed by atoms with E-state index in [1.165, 1.54) is 7.11 Å². The van der Waals surface area contributed by atoms with E-state index in [9.17, 15) is 14.4 Å². The number of benzene rings is 1. The third-order valence-electron chi connectivity index (χ3n) is 2.82. The summed E-state index contributed by atoms with van der Waals surface area (Å²) in [5, 5.41) is 11.0. The van der Waals surface area contributed by atoms with Crippen LogP contribution in [0.1, 0.15) is 13.4 Å². The molecule has 7 nitrogen and oxygen atoms in total. The van der Waals surface area contributed by atoms with Gasteiger partial charge in [-0.3, -0.25) is 9.59 Å². The summed E-state index contributed by atoms with van der Waals surface area (Å²) in [6.45, 7) is 0. The number of amides is 1. The second kappa shape index (κ2) is 10.9. The van der Waals surface area contributed by atoms with Gasteiger partial charge in [0.25, 0.3) is 0 Å². The van der Waals surface area contributed by atoms with E-state index in [2.05, 4.69) is 10.1 Å². The predicted octanol–water partition coefficient (Wildman–Crippen LogP) is -3.19. The summed E-state index contributed by atoms with van der Waals surface area (Å²) in [6.07, 6.45) is -0.274. The predicted molar refractivity (Wildman–Crippen MR) is 75.4 cm³/mol. The standard InChI is InChI=1S/C14H18N2O5.K.H/c1-21-14(20)11(7-9-5-3-2-4-6-9)16-13(19)10(15)8-12(17)18;;/h2-6,10-11H,7-8,15H2,1H3,(H,16,19)(H,17,18);;/q;+1;-1/t10-,11-;;/m0../s1. The Labute approximate surface area is 172 Å². The third kappa shape index (κ3) is 7.48. The number of nitrogens with one attached hydrogen (secondary N) is 1. The molecule has 8 heteroatoms. The summed E-state index contributed by atoms with van der Waals surface area (Å²) in [5.74, 6) is -2.51. The Balaban J connectivity index is 0. The molecule has 0 bridgehead atoms. The number of carboxylic acid groups (broad SMARTS) is 1. The molecular weight excluding hydrogens is 315 g/mol. The molecule has 1 amide bonds. The average molecular weight is 334 g/mol. The van der Waals surface area contributed by atoms with Crippen molar-refractivity contribution in [3.05, 3.63) is 35.9 Å². The Bertz CT molecular complexity index is 515. The van der Waals surface area contributed by atoms with Gasteiger partial charge in [0.1, 0.15) is 6.04 Å². The van der Waals surface area contributed by atoms with Gasteiger partial charge in [0, 0.05) is 6.42 Å². The minimum absolute atomic E-state index is 0. The fourth-order valence-electron chi connectivity index (χ4n) is 1.74. The number of aliphatic carboxylic acids is 1. The minimum Gasteiger partial charge on any atom is -1.00 e. The molecule has 1 aromatic carbocycles. The molecule has 0 aromatic heterocycles. The van der Waals surface area contributed by atoms with Crippen LogP contribution in [0.5, 0.6) is 0 Å². The number of ether oxygens (including phenoxy) is 1. The van der Waals surface area contributed by atoms with Crippen molar-refractivity contribution in [2.24, 2.45) is 5.73 Å². The van der Waals surface area contributed by atoms with Crippen molar-refractivity contribution in [1.82, 2.24) is 5.32 Å². The van der Waals surface area contributed by atoms with Gasteiger partial charge < -0.3 is 22.3 Å². The Morgan fingerprint density at radius 1 is 1.32 bits per heavy atom. The number of carbonyl (C=O) groups excluding carboxylic acids is 2. The zero-order chi connectivity index (χ0) is 15.8. The zero-order valence-corrected chi connectivity index (χ0v) is 15.7. The molecule has 0 aliphatic carbocycles. The molecule has 0 aliphatic heterocycles. The molecule has 4 N–H and O–H groups in total. The SMILES string of the molecule is COC(=O)[C@H](Cc1ccccc1)NC(=O)[C@@H](N)CC(=O)O.[H-].[K+]. The first-order chi connectivity index (χ1) is 9.93. The van der Waals surface area contributed by atoms with Crippen molar-refractivity contribution in [3.8, 4) is 0 Å². The Morgan fingerprint density at radius 2 is 1.91 bits per heavy atom. The fourth-order valence-corrected chi connectivity index (χ4v) is 1.74. The van der Waals surface area contributed by atoms with Crippen LogP contribution in [-0.4, -0.2) is 42.1 Å². The number of nitrogens with two attached hydrogens (primary N) is 1. The largest absolute Gasteiger partial charge is 1.00 e. The summed E-state index contributed by atoms with van der Waals surface area (Å²) in [6, 6.07) is 6.93. The van der Waals surface area contributed by atoms with E-state index in [1.54, 1.807) is 12.1 Å². The van der Waals surface area contributed by atoms with Crippen molar-refractivity contribution < 1.29 is 77.0 Å². The normalized spacial score (nSPS) is 12.5. The minimum atomic E-state index is -1.22. The monoisotopic (exact) mass is 334 g/mol. The van der Waals surface area contributed by atoms with Crippen molar-refractivity contribution in [3.63, 3.8) is 0 Å². The molecule has 0 fully saturated rings. The van der Waals surface area contributed by atoms with E-state index in [4.69, 9.17) is 10.8 Å². The van der Waals surface area contributed by atoms with E-state index in [-0.39, 0.29) is 59.2 Å². The van der Waals surface area contributed by atoms with E-state index in [0.717, 1.165) is 5.56 Å². The molecular formula is C14H19KN2O5. The second-order valence-corrected chi connectivity index (χ2v) is 4.48. The summed E-state index contributed by atoms with van der Waals surface area (Å²) in [4.78, 5) is 34.0. The quantitative estimate of drug-likeness (QED) is 0.357. The number of esters is 1. The van der Waals surface area contributed by atoms with Gasteiger partial charge in [0.15, 0.2) is 0 Å². The average Bonchev–Trinajstić information content (AvgIpc) is 2.46. The van der Waals surface area contributed by atoms with Gasteiger partial charge in [-0.15, -0.1) is 0 Å². The van der Waals surface area contributed by atoms with Crippen molar-refractivity contribution >= 4 is 17.8 Å². The molecule has 22 heavy (non-hydrogen) atoms. The summed E-state index contributed by atoms with van der Waals surface area (Å²) < 4.78 is 4.64. The Kier molecular flexibility index (Phi) is 10.5. The van der Waals surface area contributed by atoms with Crippen molar-refractivity contribution in [1.29, 1.82) is 0 Å². The van der Waals surface area contributed by atoms with Crippen LogP contribution in [0.3, 0.4) is 0 Å². The molecule has 1 rings (SSSR count). The Morgan fingerprint density at radius 3 is 2.41 bits per heavy atom. The smallest absolute Gasteiger partial charge is 1.00 e. The first kappa shape index (κ1) is 21.2. The molecule has 0 unspecified atom stereocenters. The number of rotatable bonds is 7. The van der Waals surface area contributed by atoms with E-state index < -0.39 is 36.4 Å². The maximum Gasteiger partial charge on any atom is 1.00 e. The van der Waals surface area contributed by atoms with Gasteiger partial charge in [-0.25, -0.2) is 4.79 Å². The fraction of sp³-hybridized carbons (Fsp3) is 0.357. The van der Waals surface area contributed by atoms with Crippen LogP contribution < -0.4 is 62.4 Å². The molecule has 0 heterocycles. The maximum absolute atomic E-state index is 11.8. The van der Waals surface area contributed by atoms with Gasteiger partial charge >= 0.3 is 63.3 Å².